The van der Waals surface area contributed by atoms with E-state index in [2.05, 4.69) is 10.5 Å². The molecule has 0 spiro atoms. The van der Waals surface area contributed by atoms with Crippen molar-refractivity contribution in [1.82, 2.24) is 5.43 Å². The summed E-state index contributed by atoms with van der Waals surface area (Å²) in [6.45, 7) is 2.48. The van der Waals surface area contributed by atoms with Gasteiger partial charge in [0.05, 0.1) is 27.5 Å². The number of aryl methyl sites for hydroxylation is 1. The van der Waals surface area contributed by atoms with Gasteiger partial charge < -0.3 is 18.9 Å². The van der Waals surface area contributed by atoms with E-state index in [4.69, 9.17) is 18.9 Å². The molecule has 0 fully saturated rings. The van der Waals surface area contributed by atoms with Gasteiger partial charge in [-0.1, -0.05) is 29.8 Å². The number of carbonyl (C=O) groups excluding carboxylic acids is 1. The van der Waals surface area contributed by atoms with E-state index in [-0.39, 0.29) is 5.91 Å². The average Bonchev–Trinajstić information content (AvgIpc) is 2.83. The standard InChI is InChI=1S/C25H26N2O5/c1-17-5-7-18(8-6-17)16-32-23-10-9-19(11-24(23)31-4)15-26-27-25(28)20-12-21(29-2)14-22(13-20)30-3/h5-15H,16H2,1-4H3,(H,27,28). The number of rotatable bonds is 9. The van der Waals surface area contributed by atoms with Crippen LogP contribution in [0.5, 0.6) is 23.0 Å². The fraction of sp³-hybridized carbons (Fsp3) is 0.200. The molecule has 3 rings (SSSR count). The van der Waals surface area contributed by atoms with E-state index in [1.807, 2.05) is 43.3 Å². The Morgan fingerprint density at radius 1 is 0.875 bits per heavy atom. The molecule has 7 nitrogen and oxygen atoms in total. The maximum Gasteiger partial charge on any atom is 0.271 e. The third-order valence-electron chi connectivity index (χ3n) is 4.70. The molecule has 0 bridgehead atoms. The summed E-state index contributed by atoms with van der Waals surface area (Å²) in [7, 11) is 4.62. The van der Waals surface area contributed by atoms with Gasteiger partial charge in [-0.3, -0.25) is 4.79 Å². The van der Waals surface area contributed by atoms with Crippen molar-refractivity contribution in [1.29, 1.82) is 0 Å². The minimum atomic E-state index is -0.386. The zero-order chi connectivity index (χ0) is 22.9. The summed E-state index contributed by atoms with van der Waals surface area (Å²) in [5, 5.41) is 4.03. The first-order chi connectivity index (χ1) is 15.5. The van der Waals surface area contributed by atoms with Crippen LogP contribution in [0.3, 0.4) is 0 Å². The second-order valence-electron chi connectivity index (χ2n) is 6.99. The SMILES string of the molecule is COc1cc(OC)cc(C(=O)NN=Cc2ccc(OCc3ccc(C)cc3)c(OC)c2)c1. The molecule has 0 radical (unpaired) electrons. The molecule has 0 unspecified atom stereocenters. The van der Waals surface area contributed by atoms with Crippen LogP contribution < -0.4 is 24.4 Å². The highest BCUT2D eigenvalue weighted by atomic mass is 16.5. The minimum Gasteiger partial charge on any atom is -0.497 e. The number of carbonyl (C=O) groups is 1. The molecule has 0 aromatic heterocycles. The Morgan fingerprint density at radius 2 is 1.56 bits per heavy atom. The fourth-order valence-electron chi connectivity index (χ4n) is 2.90. The molecular weight excluding hydrogens is 408 g/mol. The molecule has 0 saturated carbocycles. The number of ether oxygens (including phenoxy) is 4. The predicted octanol–water partition coefficient (Wildman–Crippen LogP) is 4.36. The average molecular weight is 434 g/mol. The Hall–Kier alpha value is -4.00. The second-order valence-corrected chi connectivity index (χ2v) is 6.99. The minimum absolute atomic E-state index is 0.371. The second kappa shape index (κ2) is 10.9. The lowest BCUT2D eigenvalue weighted by Crippen LogP contribution is -2.17. The van der Waals surface area contributed by atoms with Crippen molar-refractivity contribution in [2.75, 3.05) is 21.3 Å². The van der Waals surface area contributed by atoms with E-state index in [1.165, 1.54) is 26.0 Å². The Labute approximate surface area is 187 Å². The molecule has 0 aliphatic carbocycles. The van der Waals surface area contributed by atoms with Gasteiger partial charge in [0.2, 0.25) is 0 Å². The highest BCUT2D eigenvalue weighted by molar-refractivity contribution is 5.95. The molecule has 32 heavy (non-hydrogen) atoms. The number of hydrogen-bond acceptors (Lipinski definition) is 6. The number of methoxy groups -OCH3 is 3. The van der Waals surface area contributed by atoms with Gasteiger partial charge in [-0.15, -0.1) is 0 Å². The summed E-state index contributed by atoms with van der Waals surface area (Å²) in [6, 6.07) is 18.5. The Kier molecular flexibility index (Phi) is 7.70. The Bertz CT molecular complexity index is 1070. The summed E-state index contributed by atoms with van der Waals surface area (Å²) in [6.07, 6.45) is 1.53. The van der Waals surface area contributed by atoms with Crippen LogP contribution in [0.4, 0.5) is 0 Å². The van der Waals surface area contributed by atoms with Crippen molar-refractivity contribution in [3.63, 3.8) is 0 Å². The van der Waals surface area contributed by atoms with Crippen LogP contribution in [0, 0.1) is 6.92 Å². The zero-order valence-corrected chi connectivity index (χ0v) is 18.5. The number of hydrazone groups is 1. The van der Waals surface area contributed by atoms with E-state index in [0.29, 0.717) is 35.2 Å². The van der Waals surface area contributed by atoms with Gasteiger partial charge >= 0.3 is 0 Å². The number of nitrogens with one attached hydrogen (secondary N) is 1. The molecule has 1 amide bonds. The van der Waals surface area contributed by atoms with Gasteiger partial charge in [0.1, 0.15) is 18.1 Å². The van der Waals surface area contributed by atoms with Crippen LogP contribution in [-0.2, 0) is 6.61 Å². The number of hydrogen-bond donors (Lipinski definition) is 1. The first-order valence-electron chi connectivity index (χ1n) is 9.95. The van der Waals surface area contributed by atoms with Gasteiger partial charge in [-0.2, -0.15) is 5.10 Å². The first kappa shape index (κ1) is 22.7. The number of benzene rings is 3. The van der Waals surface area contributed by atoms with Crippen LogP contribution in [0.15, 0.2) is 65.8 Å². The van der Waals surface area contributed by atoms with E-state index in [0.717, 1.165) is 11.1 Å². The summed E-state index contributed by atoms with van der Waals surface area (Å²) in [4.78, 5) is 12.4. The lowest BCUT2D eigenvalue weighted by atomic mass is 10.2. The highest BCUT2D eigenvalue weighted by Gasteiger charge is 2.10. The molecule has 1 N–H and O–H groups in total. The van der Waals surface area contributed by atoms with Gasteiger partial charge in [0.25, 0.3) is 5.91 Å². The van der Waals surface area contributed by atoms with Crippen molar-refractivity contribution in [2.24, 2.45) is 5.10 Å². The molecule has 7 heteroatoms. The highest BCUT2D eigenvalue weighted by Crippen LogP contribution is 2.28. The molecule has 0 saturated heterocycles. The number of nitrogens with zero attached hydrogens (tertiary/aromatic N) is 1. The summed E-state index contributed by atoms with van der Waals surface area (Å²) < 4.78 is 21.7. The summed E-state index contributed by atoms with van der Waals surface area (Å²) in [5.74, 6) is 1.85. The van der Waals surface area contributed by atoms with Crippen LogP contribution in [0.25, 0.3) is 0 Å². The summed E-state index contributed by atoms with van der Waals surface area (Å²) >= 11 is 0. The van der Waals surface area contributed by atoms with Gasteiger partial charge in [0.15, 0.2) is 11.5 Å². The Morgan fingerprint density at radius 3 is 2.19 bits per heavy atom. The lowest BCUT2D eigenvalue weighted by Gasteiger charge is -2.11. The lowest BCUT2D eigenvalue weighted by molar-refractivity contribution is 0.0954. The van der Waals surface area contributed by atoms with E-state index in [1.54, 1.807) is 31.4 Å². The Balaban J connectivity index is 1.64. The van der Waals surface area contributed by atoms with Crippen molar-refractivity contribution in [3.05, 3.63) is 82.9 Å². The molecule has 3 aromatic carbocycles. The topological polar surface area (TPSA) is 78.4 Å². The van der Waals surface area contributed by atoms with Gasteiger partial charge in [-0.05, 0) is 48.4 Å². The van der Waals surface area contributed by atoms with Gasteiger partial charge in [-0.25, -0.2) is 5.43 Å². The van der Waals surface area contributed by atoms with Crippen LogP contribution in [0.1, 0.15) is 27.0 Å². The van der Waals surface area contributed by atoms with Crippen molar-refractivity contribution < 1.29 is 23.7 Å². The quantitative estimate of drug-likeness (QED) is 0.400. The predicted molar refractivity (Wildman–Crippen MR) is 123 cm³/mol. The van der Waals surface area contributed by atoms with E-state index < -0.39 is 0 Å². The van der Waals surface area contributed by atoms with E-state index >= 15 is 0 Å². The third kappa shape index (κ3) is 6.01. The largest absolute Gasteiger partial charge is 0.497 e. The zero-order valence-electron chi connectivity index (χ0n) is 18.5. The van der Waals surface area contributed by atoms with Gasteiger partial charge in [0, 0.05) is 11.6 Å². The fourth-order valence-corrected chi connectivity index (χ4v) is 2.90. The third-order valence-corrected chi connectivity index (χ3v) is 4.70. The number of amides is 1. The van der Waals surface area contributed by atoms with Crippen LogP contribution >= 0.6 is 0 Å². The molecule has 0 heterocycles. The molecule has 0 aliphatic rings. The van der Waals surface area contributed by atoms with E-state index in [9.17, 15) is 4.79 Å². The molecule has 0 aliphatic heterocycles. The van der Waals surface area contributed by atoms with Crippen molar-refractivity contribution in [3.8, 4) is 23.0 Å². The maximum atomic E-state index is 12.4. The molecule has 0 atom stereocenters. The van der Waals surface area contributed by atoms with Crippen LogP contribution in [0.2, 0.25) is 0 Å². The van der Waals surface area contributed by atoms with Crippen molar-refractivity contribution >= 4 is 12.1 Å². The molecular formula is C25H26N2O5. The maximum absolute atomic E-state index is 12.4. The first-order valence-corrected chi connectivity index (χ1v) is 9.95. The smallest absolute Gasteiger partial charge is 0.271 e. The normalized spacial score (nSPS) is 10.6. The molecule has 3 aromatic rings. The summed E-state index contributed by atoms with van der Waals surface area (Å²) in [5.41, 5.74) is 5.89. The molecule has 166 valence electrons. The monoisotopic (exact) mass is 434 g/mol. The van der Waals surface area contributed by atoms with Crippen LogP contribution in [-0.4, -0.2) is 33.5 Å². The van der Waals surface area contributed by atoms with Crippen molar-refractivity contribution in [2.45, 2.75) is 13.5 Å².